The summed E-state index contributed by atoms with van der Waals surface area (Å²) in [4.78, 5) is 44.3. The summed E-state index contributed by atoms with van der Waals surface area (Å²) in [6.45, 7) is 8.96. The van der Waals surface area contributed by atoms with Crippen LogP contribution in [-0.4, -0.2) is 37.2 Å². The second kappa shape index (κ2) is 9.77. The van der Waals surface area contributed by atoms with Crippen molar-refractivity contribution in [3.63, 3.8) is 0 Å². The zero-order valence-electron chi connectivity index (χ0n) is 12.3. The van der Waals surface area contributed by atoms with Crippen LogP contribution in [0.25, 0.3) is 0 Å². The van der Waals surface area contributed by atoms with Crippen molar-refractivity contribution in [2.24, 2.45) is 0 Å². The lowest BCUT2D eigenvalue weighted by Crippen LogP contribution is -2.31. The molecule has 0 saturated carbocycles. The number of amides is 4. The zero-order chi connectivity index (χ0) is 17.1. The van der Waals surface area contributed by atoms with Crippen molar-refractivity contribution in [2.75, 3.05) is 13.2 Å². The largest absolute Gasteiger partial charge is 0.436 e. The highest BCUT2D eigenvalue weighted by Crippen LogP contribution is 1.88. The van der Waals surface area contributed by atoms with Gasteiger partial charge in [0.1, 0.15) is 0 Å². The standard InChI is InChI=1S/C14H16N2O6/c1-9(2)11(17)15-13(19)21-7-5-6-8-22-14(20)16-12(18)10(3)4/h1,3,7-8H2,2,4H3,(H,15,17,19)(H,16,18,20). The first-order valence-electron chi connectivity index (χ1n) is 5.97. The third-order valence-corrected chi connectivity index (χ3v) is 1.88. The van der Waals surface area contributed by atoms with Crippen LogP contribution in [0.1, 0.15) is 13.8 Å². The molecule has 0 aromatic carbocycles. The maximum Gasteiger partial charge on any atom is 0.415 e. The van der Waals surface area contributed by atoms with Crippen LogP contribution in [0.4, 0.5) is 9.59 Å². The molecule has 0 atom stereocenters. The molecule has 0 aliphatic carbocycles. The van der Waals surface area contributed by atoms with Gasteiger partial charge < -0.3 is 9.47 Å². The van der Waals surface area contributed by atoms with Crippen LogP contribution in [0.5, 0.6) is 0 Å². The van der Waals surface area contributed by atoms with Crippen LogP contribution < -0.4 is 10.6 Å². The molecular weight excluding hydrogens is 292 g/mol. The number of hydrogen-bond acceptors (Lipinski definition) is 6. The predicted octanol–water partition coefficient (Wildman–Crippen LogP) is 0.648. The molecule has 4 amide bonds. The quantitative estimate of drug-likeness (QED) is 0.582. The average molecular weight is 308 g/mol. The van der Waals surface area contributed by atoms with E-state index in [1.165, 1.54) is 13.8 Å². The van der Waals surface area contributed by atoms with Gasteiger partial charge in [0.2, 0.25) is 0 Å². The fourth-order valence-electron chi connectivity index (χ4n) is 0.776. The van der Waals surface area contributed by atoms with Gasteiger partial charge in [-0.3, -0.25) is 20.2 Å². The Kier molecular flexibility index (Phi) is 8.40. The van der Waals surface area contributed by atoms with Crippen molar-refractivity contribution in [2.45, 2.75) is 13.8 Å². The number of ether oxygens (including phenoxy) is 2. The first kappa shape index (κ1) is 18.9. The van der Waals surface area contributed by atoms with Gasteiger partial charge in [-0.1, -0.05) is 25.0 Å². The van der Waals surface area contributed by atoms with Crippen molar-refractivity contribution in [3.8, 4) is 11.8 Å². The molecule has 0 aliphatic rings. The predicted molar refractivity (Wildman–Crippen MR) is 76.4 cm³/mol. The number of carbonyl (C=O) groups is 4. The molecule has 0 radical (unpaired) electrons. The monoisotopic (exact) mass is 308 g/mol. The molecule has 0 heterocycles. The maximum absolute atomic E-state index is 11.1. The molecule has 0 fully saturated rings. The molecule has 0 bridgehead atoms. The molecular formula is C14H16N2O6. The Morgan fingerprint density at radius 1 is 0.818 bits per heavy atom. The molecule has 8 heteroatoms. The van der Waals surface area contributed by atoms with Gasteiger partial charge in [0.25, 0.3) is 11.8 Å². The lowest BCUT2D eigenvalue weighted by atomic mass is 10.3. The van der Waals surface area contributed by atoms with Gasteiger partial charge >= 0.3 is 12.2 Å². The van der Waals surface area contributed by atoms with Crippen molar-refractivity contribution in [3.05, 3.63) is 24.3 Å². The molecule has 0 spiro atoms. The van der Waals surface area contributed by atoms with Crippen molar-refractivity contribution in [1.29, 1.82) is 0 Å². The summed E-state index contributed by atoms with van der Waals surface area (Å²) in [6, 6.07) is 0. The van der Waals surface area contributed by atoms with Crippen molar-refractivity contribution < 1.29 is 28.7 Å². The highest BCUT2D eigenvalue weighted by Gasteiger charge is 2.08. The lowest BCUT2D eigenvalue weighted by Gasteiger charge is -2.03. The van der Waals surface area contributed by atoms with E-state index in [4.69, 9.17) is 0 Å². The van der Waals surface area contributed by atoms with E-state index in [0.29, 0.717) is 0 Å². The summed E-state index contributed by atoms with van der Waals surface area (Å²) in [5.41, 5.74) is 0.318. The molecule has 0 rings (SSSR count). The third kappa shape index (κ3) is 8.92. The van der Waals surface area contributed by atoms with Crippen molar-refractivity contribution >= 4 is 24.0 Å². The summed E-state index contributed by atoms with van der Waals surface area (Å²) in [5.74, 6) is 3.45. The van der Waals surface area contributed by atoms with Crippen LogP contribution in [0.3, 0.4) is 0 Å². The molecule has 0 aromatic heterocycles. The van der Waals surface area contributed by atoms with Crippen LogP contribution in [0, 0.1) is 11.8 Å². The second-order valence-electron chi connectivity index (χ2n) is 3.97. The van der Waals surface area contributed by atoms with Gasteiger partial charge in [0.05, 0.1) is 0 Å². The minimum Gasteiger partial charge on any atom is -0.436 e. The molecule has 8 nitrogen and oxygen atoms in total. The first-order valence-corrected chi connectivity index (χ1v) is 5.97. The van der Waals surface area contributed by atoms with Crippen LogP contribution >= 0.6 is 0 Å². The highest BCUT2D eigenvalue weighted by molar-refractivity contribution is 6.02. The zero-order valence-corrected chi connectivity index (χ0v) is 12.3. The average Bonchev–Trinajstić information content (AvgIpc) is 2.42. The fourth-order valence-corrected chi connectivity index (χ4v) is 0.776. The van der Waals surface area contributed by atoms with E-state index >= 15 is 0 Å². The van der Waals surface area contributed by atoms with Gasteiger partial charge in [-0.05, 0) is 13.8 Å². The Morgan fingerprint density at radius 3 is 1.41 bits per heavy atom. The summed E-state index contributed by atoms with van der Waals surface area (Å²) in [6.07, 6.45) is -1.93. The molecule has 0 aromatic rings. The van der Waals surface area contributed by atoms with Crippen LogP contribution in [-0.2, 0) is 19.1 Å². The van der Waals surface area contributed by atoms with E-state index in [2.05, 4.69) is 34.5 Å². The van der Waals surface area contributed by atoms with Crippen LogP contribution in [0.2, 0.25) is 0 Å². The van der Waals surface area contributed by atoms with Gasteiger partial charge in [-0.15, -0.1) is 0 Å². The number of alkyl carbamates (subject to hydrolysis) is 2. The van der Waals surface area contributed by atoms with E-state index in [1.54, 1.807) is 0 Å². The molecule has 0 aliphatic heterocycles. The Labute approximate surface area is 127 Å². The van der Waals surface area contributed by atoms with Crippen molar-refractivity contribution in [1.82, 2.24) is 10.6 Å². The van der Waals surface area contributed by atoms with E-state index in [9.17, 15) is 19.2 Å². The molecule has 22 heavy (non-hydrogen) atoms. The Hall–Kier alpha value is -3.08. The minimum absolute atomic E-state index is 0.159. The third-order valence-electron chi connectivity index (χ3n) is 1.88. The first-order chi connectivity index (χ1) is 10.2. The summed E-state index contributed by atoms with van der Waals surface area (Å²) in [5, 5.41) is 3.82. The molecule has 0 saturated heterocycles. The summed E-state index contributed by atoms with van der Waals surface area (Å²) in [7, 11) is 0. The summed E-state index contributed by atoms with van der Waals surface area (Å²) < 4.78 is 9.12. The normalized spacial score (nSPS) is 8.64. The van der Waals surface area contributed by atoms with Gasteiger partial charge in [-0.2, -0.15) is 0 Å². The lowest BCUT2D eigenvalue weighted by molar-refractivity contribution is -0.117. The smallest absolute Gasteiger partial charge is 0.415 e. The Balaban J connectivity index is 3.90. The van der Waals surface area contributed by atoms with Crippen LogP contribution in [0.15, 0.2) is 24.3 Å². The molecule has 2 N–H and O–H groups in total. The number of nitrogens with one attached hydrogen (secondary N) is 2. The molecule has 118 valence electrons. The fraction of sp³-hybridized carbons (Fsp3) is 0.286. The topological polar surface area (TPSA) is 111 Å². The number of imide groups is 2. The van der Waals surface area contributed by atoms with Gasteiger partial charge in [-0.25, -0.2) is 9.59 Å². The van der Waals surface area contributed by atoms with E-state index in [-0.39, 0.29) is 24.4 Å². The molecule has 0 unspecified atom stereocenters. The Bertz CT molecular complexity index is 520. The highest BCUT2D eigenvalue weighted by atomic mass is 16.6. The van der Waals surface area contributed by atoms with Gasteiger partial charge in [0, 0.05) is 11.1 Å². The SMILES string of the molecule is C=C(C)C(=O)NC(=O)OCC#CCOC(=O)NC(=O)C(=C)C. The van der Waals surface area contributed by atoms with Gasteiger partial charge in [0.15, 0.2) is 13.2 Å². The van der Waals surface area contributed by atoms with E-state index in [1.807, 2.05) is 10.6 Å². The van der Waals surface area contributed by atoms with E-state index < -0.39 is 24.0 Å². The summed E-state index contributed by atoms with van der Waals surface area (Å²) >= 11 is 0. The number of hydrogen-bond donors (Lipinski definition) is 2. The number of rotatable bonds is 4. The Morgan fingerprint density at radius 2 is 1.14 bits per heavy atom. The second-order valence-corrected chi connectivity index (χ2v) is 3.97. The number of carbonyl (C=O) groups excluding carboxylic acids is 4. The van der Waals surface area contributed by atoms with E-state index in [0.717, 1.165) is 0 Å². The maximum atomic E-state index is 11.1. The minimum atomic E-state index is -0.965.